The van der Waals surface area contributed by atoms with Crippen LogP contribution in [0, 0.1) is 0 Å². The van der Waals surface area contributed by atoms with E-state index in [0.29, 0.717) is 10.7 Å². The van der Waals surface area contributed by atoms with Gasteiger partial charge >= 0.3 is 0 Å². The highest BCUT2D eigenvalue weighted by atomic mass is 32.2. The molecule has 0 saturated heterocycles. The predicted octanol–water partition coefficient (Wildman–Crippen LogP) is 5.49. The Bertz CT molecular complexity index is 1410. The summed E-state index contributed by atoms with van der Waals surface area (Å²) in [5.74, 6) is -0.260. The van der Waals surface area contributed by atoms with Crippen LogP contribution in [0.25, 0.3) is 10.2 Å². The van der Waals surface area contributed by atoms with Crippen LogP contribution in [0.15, 0.2) is 77.8 Å². The maximum Gasteiger partial charge on any atom is 0.260 e. The van der Waals surface area contributed by atoms with Gasteiger partial charge in [0, 0.05) is 24.8 Å². The average molecular weight is 521 g/mol. The first-order valence-corrected chi connectivity index (χ1v) is 14.3. The lowest BCUT2D eigenvalue weighted by molar-refractivity contribution is 0.0984. The fourth-order valence-corrected chi connectivity index (χ4v) is 6.97. The molecule has 1 saturated carbocycles. The summed E-state index contributed by atoms with van der Waals surface area (Å²) >= 11 is 1.44. The van der Waals surface area contributed by atoms with Crippen LogP contribution in [0.2, 0.25) is 0 Å². The van der Waals surface area contributed by atoms with Crippen LogP contribution >= 0.6 is 11.3 Å². The molecule has 0 atom stereocenters. The molecule has 1 aliphatic carbocycles. The minimum atomic E-state index is -3.63. The van der Waals surface area contributed by atoms with Gasteiger partial charge in [-0.1, -0.05) is 48.8 Å². The van der Waals surface area contributed by atoms with Crippen molar-refractivity contribution in [1.82, 2.24) is 14.3 Å². The van der Waals surface area contributed by atoms with Crippen molar-refractivity contribution in [2.45, 2.75) is 49.6 Å². The second-order valence-electron chi connectivity index (χ2n) is 9.01. The molecule has 1 amide bonds. The standard InChI is InChI=1S/C27H28N4O3S2/c1-30(22-10-3-2-4-11-22)36(33,34)23-16-14-20(15-17-23)26(32)31(19-21-9-7-8-18-28-21)27-29-24-12-5-6-13-25(24)35-27/h5-9,12-18,22H,2-4,10-11,19H2,1H3. The third-order valence-electron chi connectivity index (χ3n) is 6.67. The molecule has 9 heteroatoms. The van der Waals surface area contributed by atoms with Gasteiger partial charge in [-0.15, -0.1) is 0 Å². The van der Waals surface area contributed by atoms with E-state index in [1.54, 1.807) is 30.3 Å². The molecule has 1 aliphatic rings. The van der Waals surface area contributed by atoms with Crippen LogP contribution in [0.5, 0.6) is 0 Å². The van der Waals surface area contributed by atoms with Gasteiger partial charge in [0.25, 0.3) is 5.91 Å². The second kappa shape index (κ2) is 10.5. The number of carbonyl (C=O) groups is 1. The van der Waals surface area contributed by atoms with Gasteiger partial charge in [0.1, 0.15) is 0 Å². The largest absolute Gasteiger partial charge is 0.278 e. The third-order valence-corrected chi connectivity index (χ3v) is 9.66. The molecular formula is C27H28N4O3S2. The number of thiazole rings is 1. The molecular weight excluding hydrogens is 492 g/mol. The van der Waals surface area contributed by atoms with E-state index < -0.39 is 10.0 Å². The van der Waals surface area contributed by atoms with Crippen molar-refractivity contribution in [3.8, 4) is 0 Å². The number of sulfonamides is 1. The van der Waals surface area contributed by atoms with E-state index in [1.165, 1.54) is 27.8 Å². The number of para-hydroxylation sites is 1. The molecule has 0 radical (unpaired) electrons. The molecule has 1 fully saturated rings. The summed E-state index contributed by atoms with van der Waals surface area (Å²) in [5, 5.41) is 0.570. The number of amides is 1. The van der Waals surface area contributed by atoms with E-state index in [1.807, 2.05) is 42.5 Å². The van der Waals surface area contributed by atoms with Crippen LogP contribution in [0.3, 0.4) is 0 Å². The van der Waals surface area contributed by atoms with Crippen LogP contribution in [0.1, 0.15) is 48.2 Å². The lowest BCUT2D eigenvalue weighted by Gasteiger charge is -2.30. The Labute approximate surface area is 215 Å². The molecule has 36 heavy (non-hydrogen) atoms. The van der Waals surface area contributed by atoms with Gasteiger partial charge in [-0.25, -0.2) is 13.4 Å². The molecule has 0 aliphatic heterocycles. The van der Waals surface area contributed by atoms with E-state index in [-0.39, 0.29) is 23.4 Å². The Morgan fingerprint density at radius 1 is 0.972 bits per heavy atom. The summed E-state index contributed by atoms with van der Waals surface area (Å²) in [7, 11) is -1.97. The SMILES string of the molecule is CN(C1CCCCC1)S(=O)(=O)c1ccc(C(=O)N(Cc2ccccn2)c2nc3ccccc3s2)cc1. The molecule has 2 aromatic heterocycles. The molecule has 7 nitrogen and oxygen atoms in total. The van der Waals surface area contributed by atoms with Crippen molar-refractivity contribution in [2.24, 2.45) is 0 Å². The monoisotopic (exact) mass is 520 g/mol. The number of anilines is 1. The number of fused-ring (bicyclic) bond motifs is 1. The van der Waals surface area contributed by atoms with Gasteiger partial charge in [-0.05, 0) is 61.4 Å². The van der Waals surface area contributed by atoms with Crippen LogP contribution in [-0.4, -0.2) is 41.7 Å². The Balaban J connectivity index is 1.43. The lowest BCUT2D eigenvalue weighted by atomic mass is 9.96. The minimum Gasteiger partial charge on any atom is -0.278 e. The molecule has 186 valence electrons. The fourth-order valence-electron chi connectivity index (χ4n) is 4.59. The Kier molecular flexibility index (Phi) is 7.13. The second-order valence-corrected chi connectivity index (χ2v) is 12.0. The molecule has 0 unspecified atom stereocenters. The van der Waals surface area contributed by atoms with Gasteiger partial charge in [0.15, 0.2) is 5.13 Å². The van der Waals surface area contributed by atoms with Crippen LogP contribution in [0.4, 0.5) is 5.13 Å². The van der Waals surface area contributed by atoms with Gasteiger partial charge in [-0.2, -0.15) is 4.31 Å². The first-order valence-electron chi connectivity index (χ1n) is 12.1. The minimum absolute atomic E-state index is 0.0259. The maximum atomic E-state index is 13.7. The van der Waals surface area contributed by atoms with Crippen molar-refractivity contribution in [3.63, 3.8) is 0 Å². The number of hydrogen-bond donors (Lipinski definition) is 0. The van der Waals surface area contributed by atoms with Crippen molar-refractivity contribution in [1.29, 1.82) is 0 Å². The topological polar surface area (TPSA) is 83.5 Å². The first-order chi connectivity index (χ1) is 17.4. The van der Waals surface area contributed by atoms with Crippen molar-refractivity contribution < 1.29 is 13.2 Å². The normalized spacial score (nSPS) is 14.8. The smallest absolute Gasteiger partial charge is 0.260 e. The molecule has 2 aromatic carbocycles. The maximum absolute atomic E-state index is 13.7. The van der Waals surface area contributed by atoms with Crippen molar-refractivity contribution in [2.75, 3.05) is 11.9 Å². The van der Waals surface area contributed by atoms with Gasteiger partial charge in [-0.3, -0.25) is 14.7 Å². The van der Waals surface area contributed by atoms with Crippen LogP contribution < -0.4 is 4.90 Å². The number of benzene rings is 2. The molecule has 0 N–H and O–H groups in total. The summed E-state index contributed by atoms with van der Waals surface area (Å²) in [6, 6.07) is 19.6. The molecule has 5 rings (SSSR count). The quantitative estimate of drug-likeness (QED) is 0.322. The summed E-state index contributed by atoms with van der Waals surface area (Å²) in [6.07, 6.45) is 6.73. The number of nitrogens with zero attached hydrogens (tertiary/aromatic N) is 4. The Hall–Kier alpha value is -3.14. The molecule has 4 aromatic rings. The highest BCUT2D eigenvalue weighted by Gasteiger charge is 2.29. The summed E-state index contributed by atoms with van der Waals surface area (Å²) in [5.41, 5.74) is 1.95. The molecule has 2 heterocycles. The van der Waals surface area contributed by atoms with Crippen molar-refractivity contribution in [3.05, 3.63) is 84.2 Å². The summed E-state index contributed by atoms with van der Waals surface area (Å²) in [4.78, 5) is 24.5. The van der Waals surface area contributed by atoms with E-state index >= 15 is 0 Å². The van der Waals surface area contributed by atoms with Gasteiger partial charge < -0.3 is 0 Å². The van der Waals surface area contributed by atoms with Gasteiger partial charge in [0.05, 0.1) is 27.4 Å². The number of rotatable bonds is 7. The van der Waals surface area contributed by atoms with Crippen LogP contribution in [-0.2, 0) is 16.6 Å². The number of pyridine rings is 1. The Morgan fingerprint density at radius 2 is 1.69 bits per heavy atom. The fraction of sp³-hybridized carbons (Fsp3) is 0.296. The van der Waals surface area contributed by atoms with E-state index in [4.69, 9.17) is 0 Å². The van der Waals surface area contributed by atoms with Gasteiger partial charge in [0.2, 0.25) is 10.0 Å². The average Bonchev–Trinajstić information content (AvgIpc) is 3.36. The zero-order chi connectivity index (χ0) is 25.1. The zero-order valence-electron chi connectivity index (χ0n) is 20.1. The summed E-state index contributed by atoms with van der Waals surface area (Å²) in [6.45, 7) is 0.254. The number of hydrogen-bond acceptors (Lipinski definition) is 6. The third kappa shape index (κ3) is 5.04. The highest BCUT2D eigenvalue weighted by Crippen LogP contribution is 2.31. The molecule has 0 spiro atoms. The highest BCUT2D eigenvalue weighted by molar-refractivity contribution is 7.89. The first kappa shape index (κ1) is 24.5. The molecule has 0 bridgehead atoms. The predicted molar refractivity (Wildman–Crippen MR) is 143 cm³/mol. The van der Waals surface area contributed by atoms with Crippen molar-refractivity contribution >= 4 is 42.6 Å². The number of carbonyl (C=O) groups excluding carboxylic acids is 1. The zero-order valence-corrected chi connectivity index (χ0v) is 21.7. The van der Waals surface area contributed by atoms with E-state index in [9.17, 15) is 13.2 Å². The number of aromatic nitrogens is 2. The summed E-state index contributed by atoms with van der Waals surface area (Å²) < 4.78 is 28.9. The van der Waals surface area contributed by atoms with E-state index in [0.717, 1.165) is 48.0 Å². The Morgan fingerprint density at radius 3 is 2.39 bits per heavy atom. The lowest BCUT2D eigenvalue weighted by Crippen LogP contribution is -2.38. The van der Waals surface area contributed by atoms with E-state index in [2.05, 4.69) is 9.97 Å².